The summed E-state index contributed by atoms with van der Waals surface area (Å²) in [4.78, 5) is 25.2. The predicted octanol–water partition coefficient (Wildman–Crippen LogP) is 4.38. The summed E-state index contributed by atoms with van der Waals surface area (Å²) in [6.45, 7) is 0.478. The molecule has 0 saturated carbocycles. The van der Waals surface area contributed by atoms with Crippen molar-refractivity contribution in [2.75, 3.05) is 26.0 Å². The van der Waals surface area contributed by atoms with E-state index < -0.39 is 0 Å². The van der Waals surface area contributed by atoms with E-state index in [1.54, 1.807) is 44.4 Å². The number of carbonyl (C=O) groups excluding carboxylic acids is 2. The molecule has 2 amide bonds. The summed E-state index contributed by atoms with van der Waals surface area (Å²) >= 11 is 0. The van der Waals surface area contributed by atoms with E-state index in [1.807, 2.05) is 54.6 Å². The van der Waals surface area contributed by atoms with Gasteiger partial charge in [0.15, 0.2) is 6.61 Å². The number of ether oxygens (including phenoxy) is 2. The first-order valence-electron chi connectivity index (χ1n) is 10.2. The van der Waals surface area contributed by atoms with Crippen LogP contribution in [0.15, 0.2) is 84.9 Å². The van der Waals surface area contributed by atoms with Crippen LogP contribution in [0, 0.1) is 0 Å². The van der Waals surface area contributed by atoms with Crippen LogP contribution in [0.3, 0.4) is 0 Å². The molecule has 6 nitrogen and oxygen atoms in total. The van der Waals surface area contributed by atoms with Crippen LogP contribution in [-0.4, -0.2) is 37.4 Å². The second-order valence-electron chi connectivity index (χ2n) is 7.27. The number of hydrogen-bond donors (Lipinski definition) is 1. The SMILES string of the molecule is CN(C)C(=O)COc1ccc(NC(=O)/C=C/c2ccc(OCc3ccccc3)cc2)cc1. The van der Waals surface area contributed by atoms with Crippen LogP contribution >= 0.6 is 0 Å². The standard InChI is InChI=1S/C26H26N2O4/c1-28(2)26(30)19-32-24-15-11-22(12-16-24)27-25(29)17-10-20-8-13-23(14-9-20)31-18-21-6-4-3-5-7-21/h3-17H,18-19H2,1-2H3,(H,27,29)/b17-10+. The Balaban J connectivity index is 1.46. The Morgan fingerprint density at radius 1 is 0.844 bits per heavy atom. The van der Waals surface area contributed by atoms with Gasteiger partial charge in [0.1, 0.15) is 18.1 Å². The highest BCUT2D eigenvalue weighted by atomic mass is 16.5. The van der Waals surface area contributed by atoms with Crippen molar-refractivity contribution in [1.82, 2.24) is 4.90 Å². The Morgan fingerprint density at radius 3 is 2.12 bits per heavy atom. The molecule has 0 unspecified atom stereocenters. The summed E-state index contributed by atoms with van der Waals surface area (Å²) in [7, 11) is 3.35. The molecular formula is C26H26N2O4. The van der Waals surface area contributed by atoms with E-state index in [-0.39, 0.29) is 18.4 Å². The van der Waals surface area contributed by atoms with E-state index in [0.717, 1.165) is 16.9 Å². The van der Waals surface area contributed by atoms with E-state index in [0.29, 0.717) is 18.0 Å². The molecule has 3 aromatic carbocycles. The van der Waals surface area contributed by atoms with Crippen molar-refractivity contribution in [3.05, 3.63) is 96.1 Å². The molecule has 0 aliphatic rings. The van der Waals surface area contributed by atoms with Gasteiger partial charge < -0.3 is 19.7 Å². The Kier molecular flexibility index (Phi) is 8.03. The number of carbonyl (C=O) groups is 2. The van der Waals surface area contributed by atoms with Crippen molar-refractivity contribution in [3.63, 3.8) is 0 Å². The monoisotopic (exact) mass is 430 g/mol. The van der Waals surface area contributed by atoms with Crippen LogP contribution in [0.5, 0.6) is 11.5 Å². The molecule has 164 valence electrons. The molecule has 0 aliphatic carbocycles. The third-order valence-electron chi connectivity index (χ3n) is 4.54. The maximum Gasteiger partial charge on any atom is 0.259 e. The van der Waals surface area contributed by atoms with Gasteiger partial charge in [0, 0.05) is 25.9 Å². The van der Waals surface area contributed by atoms with Gasteiger partial charge in [-0.1, -0.05) is 42.5 Å². The van der Waals surface area contributed by atoms with Gasteiger partial charge in [0.05, 0.1) is 0 Å². The molecule has 3 rings (SSSR count). The second kappa shape index (κ2) is 11.4. The summed E-state index contributed by atoms with van der Waals surface area (Å²) in [6.07, 6.45) is 3.21. The largest absolute Gasteiger partial charge is 0.489 e. The quantitative estimate of drug-likeness (QED) is 0.512. The summed E-state index contributed by atoms with van der Waals surface area (Å²) < 4.78 is 11.2. The van der Waals surface area contributed by atoms with E-state index in [4.69, 9.17) is 9.47 Å². The first-order chi connectivity index (χ1) is 15.5. The lowest BCUT2D eigenvalue weighted by atomic mass is 10.2. The van der Waals surface area contributed by atoms with Gasteiger partial charge in [-0.3, -0.25) is 9.59 Å². The van der Waals surface area contributed by atoms with Crippen molar-refractivity contribution in [1.29, 1.82) is 0 Å². The molecular weight excluding hydrogens is 404 g/mol. The highest BCUT2D eigenvalue weighted by Gasteiger charge is 2.05. The molecule has 3 aromatic rings. The Labute approximate surface area is 188 Å². The van der Waals surface area contributed by atoms with Crippen LogP contribution in [0.1, 0.15) is 11.1 Å². The number of hydrogen-bond acceptors (Lipinski definition) is 4. The number of anilines is 1. The Hall–Kier alpha value is -4.06. The van der Waals surface area contributed by atoms with Gasteiger partial charge in [-0.05, 0) is 53.6 Å². The Morgan fingerprint density at radius 2 is 1.47 bits per heavy atom. The molecule has 32 heavy (non-hydrogen) atoms. The molecule has 0 heterocycles. The fourth-order valence-corrected chi connectivity index (χ4v) is 2.68. The lowest BCUT2D eigenvalue weighted by Crippen LogP contribution is -2.27. The van der Waals surface area contributed by atoms with Crippen molar-refractivity contribution in [2.45, 2.75) is 6.61 Å². The molecule has 0 saturated heterocycles. The van der Waals surface area contributed by atoms with Crippen LogP contribution in [0.2, 0.25) is 0 Å². The summed E-state index contributed by atoms with van der Waals surface area (Å²) in [5, 5.41) is 2.79. The van der Waals surface area contributed by atoms with Gasteiger partial charge in [-0.25, -0.2) is 0 Å². The lowest BCUT2D eigenvalue weighted by molar-refractivity contribution is -0.130. The zero-order valence-corrected chi connectivity index (χ0v) is 18.2. The summed E-state index contributed by atoms with van der Waals surface area (Å²) in [5.41, 5.74) is 2.63. The molecule has 0 aromatic heterocycles. The fraction of sp³-hybridized carbons (Fsp3) is 0.154. The Bertz CT molecular complexity index is 1040. The van der Waals surface area contributed by atoms with Crippen LogP contribution in [0.4, 0.5) is 5.69 Å². The van der Waals surface area contributed by atoms with Crippen LogP contribution < -0.4 is 14.8 Å². The zero-order valence-electron chi connectivity index (χ0n) is 18.2. The van der Waals surface area contributed by atoms with E-state index >= 15 is 0 Å². The van der Waals surface area contributed by atoms with E-state index in [1.165, 1.54) is 11.0 Å². The average molecular weight is 431 g/mol. The molecule has 0 fully saturated rings. The second-order valence-corrected chi connectivity index (χ2v) is 7.27. The normalized spacial score (nSPS) is 10.6. The van der Waals surface area contributed by atoms with Gasteiger partial charge in [-0.15, -0.1) is 0 Å². The number of likely N-dealkylation sites (N-methyl/N-ethyl adjacent to an activating group) is 1. The first kappa shape index (κ1) is 22.6. The predicted molar refractivity (Wildman–Crippen MR) is 126 cm³/mol. The maximum absolute atomic E-state index is 12.2. The molecule has 0 spiro atoms. The highest BCUT2D eigenvalue weighted by molar-refractivity contribution is 6.01. The van der Waals surface area contributed by atoms with Crippen molar-refractivity contribution in [2.24, 2.45) is 0 Å². The number of amides is 2. The minimum Gasteiger partial charge on any atom is -0.489 e. The molecule has 1 N–H and O–H groups in total. The van der Waals surface area contributed by atoms with Crippen LogP contribution in [-0.2, 0) is 16.2 Å². The molecule has 0 bridgehead atoms. The number of rotatable bonds is 9. The minimum absolute atomic E-state index is 0.0302. The average Bonchev–Trinajstić information content (AvgIpc) is 2.82. The molecule has 6 heteroatoms. The smallest absolute Gasteiger partial charge is 0.259 e. The zero-order chi connectivity index (χ0) is 22.8. The minimum atomic E-state index is -0.245. The van der Waals surface area contributed by atoms with Crippen LogP contribution in [0.25, 0.3) is 6.08 Å². The number of nitrogens with zero attached hydrogens (tertiary/aromatic N) is 1. The summed E-state index contributed by atoms with van der Waals surface area (Å²) in [5.74, 6) is 0.961. The molecule has 0 radical (unpaired) electrons. The van der Waals surface area contributed by atoms with Crippen molar-refractivity contribution >= 4 is 23.6 Å². The fourth-order valence-electron chi connectivity index (χ4n) is 2.68. The summed E-state index contributed by atoms with van der Waals surface area (Å²) in [6, 6.07) is 24.4. The van der Waals surface area contributed by atoms with E-state index in [9.17, 15) is 9.59 Å². The van der Waals surface area contributed by atoms with Crippen molar-refractivity contribution < 1.29 is 19.1 Å². The lowest BCUT2D eigenvalue weighted by Gasteiger charge is -2.11. The van der Waals surface area contributed by atoms with Gasteiger partial charge >= 0.3 is 0 Å². The van der Waals surface area contributed by atoms with Gasteiger partial charge in [0.25, 0.3) is 5.91 Å². The topological polar surface area (TPSA) is 67.9 Å². The van der Waals surface area contributed by atoms with Gasteiger partial charge in [-0.2, -0.15) is 0 Å². The molecule has 0 aliphatic heterocycles. The van der Waals surface area contributed by atoms with Crippen molar-refractivity contribution in [3.8, 4) is 11.5 Å². The van der Waals surface area contributed by atoms with Gasteiger partial charge in [0.2, 0.25) is 5.91 Å². The molecule has 0 atom stereocenters. The maximum atomic E-state index is 12.2. The number of benzene rings is 3. The highest BCUT2D eigenvalue weighted by Crippen LogP contribution is 2.17. The number of nitrogens with one attached hydrogen (secondary N) is 1. The third kappa shape index (κ3) is 7.32. The van der Waals surface area contributed by atoms with E-state index in [2.05, 4.69) is 5.32 Å². The third-order valence-corrected chi connectivity index (χ3v) is 4.54. The first-order valence-corrected chi connectivity index (χ1v) is 10.2.